The number of nitrogens with zero attached hydrogens (tertiary/aromatic N) is 5. The van der Waals surface area contributed by atoms with Gasteiger partial charge in [0.15, 0.2) is 0 Å². The Balaban J connectivity index is 1.31. The van der Waals surface area contributed by atoms with Crippen molar-refractivity contribution in [3.8, 4) is 0 Å². The number of hydrogen-bond donors (Lipinski definition) is 0. The molecule has 1 aromatic rings. The molecule has 0 unspecified atom stereocenters. The van der Waals surface area contributed by atoms with E-state index >= 15 is 0 Å². The molecule has 3 saturated heterocycles. The molecular formula is C19H31N5O. The van der Waals surface area contributed by atoms with Crippen LogP contribution < -0.4 is 9.80 Å². The minimum atomic E-state index is 0.824. The van der Waals surface area contributed by atoms with Crippen molar-refractivity contribution in [2.45, 2.75) is 32.1 Å². The zero-order chi connectivity index (χ0) is 16.9. The molecule has 0 saturated carbocycles. The third-order valence-corrected chi connectivity index (χ3v) is 5.82. The maximum Gasteiger partial charge on any atom is 0.227 e. The van der Waals surface area contributed by atoms with Crippen LogP contribution in [0, 0.1) is 5.92 Å². The molecule has 4 heterocycles. The molecule has 0 N–H and O–H groups in total. The van der Waals surface area contributed by atoms with Gasteiger partial charge in [-0.25, -0.2) is 4.98 Å². The molecule has 0 amide bonds. The van der Waals surface area contributed by atoms with E-state index in [0.29, 0.717) is 0 Å². The molecule has 6 nitrogen and oxygen atoms in total. The molecule has 0 atom stereocenters. The smallest absolute Gasteiger partial charge is 0.227 e. The summed E-state index contributed by atoms with van der Waals surface area (Å²) in [6.07, 6.45) is 8.25. The number of rotatable bonds is 4. The fourth-order valence-corrected chi connectivity index (χ4v) is 4.22. The Labute approximate surface area is 151 Å². The van der Waals surface area contributed by atoms with Crippen molar-refractivity contribution in [2.75, 3.05) is 68.8 Å². The Kier molecular flexibility index (Phi) is 5.67. The monoisotopic (exact) mass is 345 g/mol. The Morgan fingerprint density at radius 1 is 0.920 bits per heavy atom. The summed E-state index contributed by atoms with van der Waals surface area (Å²) in [6.45, 7) is 9.75. The largest absolute Gasteiger partial charge is 0.381 e. The molecule has 0 bridgehead atoms. The normalized spacial score (nSPS) is 23.8. The van der Waals surface area contributed by atoms with Crippen LogP contribution in [0.2, 0.25) is 0 Å². The predicted octanol–water partition coefficient (Wildman–Crippen LogP) is 2.02. The van der Waals surface area contributed by atoms with Crippen molar-refractivity contribution >= 4 is 11.8 Å². The van der Waals surface area contributed by atoms with Crippen LogP contribution in [-0.2, 0) is 4.74 Å². The number of anilines is 2. The molecular weight excluding hydrogens is 314 g/mol. The first kappa shape index (κ1) is 17.0. The fraction of sp³-hybridized carbons (Fsp3) is 0.789. The van der Waals surface area contributed by atoms with E-state index in [1.54, 1.807) is 0 Å². The third kappa shape index (κ3) is 4.42. The van der Waals surface area contributed by atoms with Crippen molar-refractivity contribution in [3.05, 3.63) is 12.3 Å². The van der Waals surface area contributed by atoms with Gasteiger partial charge in [0.25, 0.3) is 0 Å². The molecule has 3 aliphatic rings. The molecule has 1 aromatic heterocycles. The lowest BCUT2D eigenvalue weighted by atomic mass is 9.99. The van der Waals surface area contributed by atoms with Gasteiger partial charge in [0.1, 0.15) is 5.82 Å². The highest BCUT2D eigenvalue weighted by atomic mass is 16.5. The summed E-state index contributed by atoms with van der Waals surface area (Å²) in [5.41, 5.74) is 0. The standard InChI is InChI=1S/C19H31N5O/c1-2-8-24(9-3-1)19-20-7-4-18(21-19)23-12-10-22(11-13-23)16-17-5-14-25-15-6-17/h4,7,17H,1-3,5-6,8-16H2. The van der Waals surface area contributed by atoms with Crippen molar-refractivity contribution in [1.82, 2.24) is 14.9 Å². The summed E-state index contributed by atoms with van der Waals surface area (Å²) in [4.78, 5) is 16.8. The van der Waals surface area contributed by atoms with Crippen molar-refractivity contribution in [1.29, 1.82) is 0 Å². The zero-order valence-corrected chi connectivity index (χ0v) is 15.3. The summed E-state index contributed by atoms with van der Waals surface area (Å²) >= 11 is 0. The fourth-order valence-electron chi connectivity index (χ4n) is 4.22. The van der Waals surface area contributed by atoms with Gasteiger partial charge < -0.3 is 14.5 Å². The van der Waals surface area contributed by atoms with E-state index in [1.165, 1.54) is 38.6 Å². The molecule has 0 aromatic carbocycles. The molecule has 4 rings (SSSR count). The summed E-state index contributed by atoms with van der Waals surface area (Å²) < 4.78 is 5.48. The van der Waals surface area contributed by atoms with E-state index in [1.807, 2.05) is 6.20 Å². The van der Waals surface area contributed by atoms with E-state index < -0.39 is 0 Å². The average molecular weight is 345 g/mol. The zero-order valence-electron chi connectivity index (χ0n) is 15.3. The van der Waals surface area contributed by atoms with Crippen molar-refractivity contribution in [3.63, 3.8) is 0 Å². The average Bonchev–Trinajstić information content (AvgIpc) is 2.70. The maximum atomic E-state index is 5.48. The first-order valence-electron chi connectivity index (χ1n) is 10.0. The molecule has 0 aliphatic carbocycles. The Morgan fingerprint density at radius 3 is 2.44 bits per heavy atom. The number of piperazine rings is 1. The van der Waals surface area contributed by atoms with Gasteiger partial charge in [-0.1, -0.05) is 0 Å². The lowest BCUT2D eigenvalue weighted by Gasteiger charge is -2.38. The number of hydrogen-bond acceptors (Lipinski definition) is 6. The van der Waals surface area contributed by atoms with E-state index in [2.05, 4.69) is 25.8 Å². The molecule has 0 radical (unpaired) electrons. The summed E-state index contributed by atoms with van der Waals surface area (Å²) in [7, 11) is 0. The Morgan fingerprint density at radius 2 is 1.68 bits per heavy atom. The Bertz CT molecular complexity index is 534. The predicted molar refractivity (Wildman–Crippen MR) is 100 cm³/mol. The van der Waals surface area contributed by atoms with Gasteiger partial charge in [0.05, 0.1) is 0 Å². The van der Waals surface area contributed by atoms with E-state index in [0.717, 1.165) is 70.2 Å². The number of aromatic nitrogens is 2. The minimum Gasteiger partial charge on any atom is -0.381 e. The van der Waals surface area contributed by atoms with E-state index in [4.69, 9.17) is 9.72 Å². The highest BCUT2D eigenvalue weighted by molar-refractivity contribution is 5.44. The van der Waals surface area contributed by atoms with Gasteiger partial charge in [-0.05, 0) is 44.1 Å². The minimum absolute atomic E-state index is 0.824. The van der Waals surface area contributed by atoms with Crippen LogP contribution in [0.3, 0.4) is 0 Å². The second-order valence-electron chi connectivity index (χ2n) is 7.61. The summed E-state index contributed by atoms with van der Waals surface area (Å²) in [5, 5.41) is 0. The molecule has 3 aliphatic heterocycles. The van der Waals surface area contributed by atoms with Crippen LogP contribution in [0.15, 0.2) is 12.3 Å². The summed E-state index contributed by atoms with van der Waals surface area (Å²) in [5.74, 6) is 2.84. The quantitative estimate of drug-likeness (QED) is 0.832. The topological polar surface area (TPSA) is 44.7 Å². The van der Waals surface area contributed by atoms with Gasteiger partial charge in [0.2, 0.25) is 5.95 Å². The third-order valence-electron chi connectivity index (χ3n) is 5.82. The first-order chi connectivity index (χ1) is 12.4. The van der Waals surface area contributed by atoms with Gasteiger partial charge in [-0.3, -0.25) is 4.90 Å². The van der Waals surface area contributed by atoms with Crippen LogP contribution in [0.25, 0.3) is 0 Å². The van der Waals surface area contributed by atoms with E-state index in [-0.39, 0.29) is 0 Å². The molecule has 6 heteroatoms. The van der Waals surface area contributed by atoms with Gasteiger partial charge in [-0.2, -0.15) is 4.98 Å². The number of ether oxygens (including phenoxy) is 1. The van der Waals surface area contributed by atoms with Gasteiger partial charge in [-0.15, -0.1) is 0 Å². The highest BCUT2D eigenvalue weighted by Gasteiger charge is 2.23. The van der Waals surface area contributed by atoms with E-state index in [9.17, 15) is 0 Å². The second kappa shape index (κ2) is 8.32. The van der Waals surface area contributed by atoms with Crippen LogP contribution in [0.4, 0.5) is 11.8 Å². The van der Waals surface area contributed by atoms with Gasteiger partial charge in [0, 0.05) is 65.2 Å². The Hall–Kier alpha value is -1.40. The first-order valence-corrected chi connectivity index (χ1v) is 10.0. The molecule has 0 spiro atoms. The van der Waals surface area contributed by atoms with Crippen LogP contribution in [0.1, 0.15) is 32.1 Å². The van der Waals surface area contributed by atoms with Crippen molar-refractivity contribution < 1.29 is 4.74 Å². The van der Waals surface area contributed by atoms with Crippen molar-refractivity contribution in [2.24, 2.45) is 5.92 Å². The van der Waals surface area contributed by atoms with Gasteiger partial charge >= 0.3 is 0 Å². The lowest BCUT2D eigenvalue weighted by Crippen LogP contribution is -2.48. The molecule has 3 fully saturated rings. The molecule has 25 heavy (non-hydrogen) atoms. The highest BCUT2D eigenvalue weighted by Crippen LogP contribution is 2.21. The summed E-state index contributed by atoms with van der Waals surface area (Å²) in [6, 6.07) is 2.07. The maximum absolute atomic E-state index is 5.48. The van der Waals surface area contributed by atoms with Crippen LogP contribution in [-0.4, -0.2) is 73.9 Å². The second-order valence-corrected chi connectivity index (χ2v) is 7.61. The molecule has 138 valence electrons. The lowest BCUT2D eigenvalue weighted by molar-refractivity contribution is 0.0517. The van der Waals surface area contributed by atoms with Crippen LogP contribution in [0.5, 0.6) is 0 Å². The SMILES string of the molecule is c1cc(N2CCN(CC3CCOCC3)CC2)nc(N2CCCCC2)n1. The van der Waals surface area contributed by atoms with Crippen LogP contribution >= 0.6 is 0 Å². The number of piperidine rings is 1.